The van der Waals surface area contributed by atoms with Crippen LogP contribution >= 0.6 is 0 Å². The van der Waals surface area contributed by atoms with Gasteiger partial charge in [-0.2, -0.15) is 0 Å². The lowest BCUT2D eigenvalue weighted by molar-refractivity contribution is 0.414. The Morgan fingerprint density at radius 2 is 1.86 bits per heavy atom. The van der Waals surface area contributed by atoms with Crippen molar-refractivity contribution in [2.45, 2.75) is 20.4 Å². The molecule has 2 N–H and O–H groups in total. The minimum absolute atomic E-state index is 0.478. The van der Waals surface area contributed by atoms with Crippen LogP contribution in [0.1, 0.15) is 19.5 Å². The van der Waals surface area contributed by atoms with Gasteiger partial charge in [-0.1, -0.05) is 5.21 Å². The first-order valence-corrected chi connectivity index (χ1v) is 7.34. The molecule has 0 unspecified atom stereocenters. The lowest BCUT2D eigenvalue weighted by atomic mass is 10.3. The first kappa shape index (κ1) is 15.8. The van der Waals surface area contributed by atoms with E-state index in [1.165, 1.54) is 0 Å². The van der Waals surface area contributed by atoms with Crippen molar-refractivity contribution in [3.63, 3.8) is 0 Å². The van der Waals surface area contributed by atoms with Crippen molar-refractivity contribution in [1.29, 1.82) is 0 Å². The molecular weight excluding hydrogens is 280 g/mol. The molecule has 1 aromatic carbocycles. The predicted octanol–water partition coefficient (Wildman–Crippen LogP) is 1.35. The van der Waals surface area contributed by atoms with E-state index in [0.29, 0.717) is 6.54 Å². The summed E-state index contributed by atoms with van der Waals surface area (Å²) in [5.74, 6) is 1.60. The molecule has 2 rings (SSSR count). The van der Waals surface area contributed by atoms with Gasteiger partial charge in [-0.05, 0) is 38.1 Å². The van der Waals surface area contributed by atoms with Crippen molar-refractivity contribution >= 4 is 5.96 Å². The fourth-order valence-corrected chi connectivity index (χ4v) is 1.90. The van der Waals surface area contributed by atoms with E-state index in [0.717, 1.165) is 36.2 Å². The molecule has 0 bridgehead atoms. The van der Waals surface area contributed by atoms with Crippen LogP contribution in [0, 0.1) is 0 Å². The predicted molar refractivity (Wildman–Crippen MR) is 86.4 cm³/mol. The number of guanidine groups is 1. The molecule has 7 nitrogen and oxygen atoms in total. The fraction of sp³-hybridized carbons (Fsp3) is 0.400. The number of benzene rings is 1. The van der Waals surface area contributed by atoms with Crippen molar-refractivity contribution in [2.75, 3.05) is 20.2 Å². The third kappa shape index (κ3) is 4.21. The van der Waals surface area contributed by atoms with E-state index < -0.39 is 0 Å². The summed E-state index contributed by atoms with van der Waals surface area (Å²) in [6.45, 7) is 6.19. The van der Waals surface area contributed by atoms with E-state index >= 15 is 0 Å². The van der Waals surface area contributed by atoms with E-state index in [2.05, 4.69) is 25.9 Å². The van der Waals surface area contributed by atoms with Gasteiger partial charge in [-0.25, -0.2) is 9.67 Å². The molecule has 1 heterocycles. The smallest absolute Gasteiger partial charge is 0.191 e. The van der Waals surface area contributed by atoms with Gasteiger partial charge in [0.05, 0.1) is 25.5 Å². The van der Waals surface area contributed by atoms with Gasteiger partial charge < -0.3 is 15.4 Å². The van der Waals surface area contributed by atoms with Crippen LogP contribution in [0.2, 0.25) is 0 Å². The molecule has 0 saturated heterocycles. The van der Waals surface area contributed by atoms with E-state index in [4.69, 9.17) is 4.74 Å². The average Bonchev–Trinajstić information content (AvgIpc) is 3.02. The van der Waals surface area contributed by atoms with E-state index in [1.54, 1.807) is 11.8 Å². The standard InChI is InChI=1S/C15H22N6O/c1-4-16-15(17-5-2)18-10-12-11-21(20-19-12)13-6-8-14(22-3)9-7-13/h6-9,11H,4-5,10H2,1-3H3,(H2,16,17,18). The van der Waals surface area contributed by atoms with Crippen molar-refractivity contribution in [3.05, 3.63) is 36.2 Å². The molecule has 0 amide bonds. The SMILES string of the molecule is CCNC(=NCc1cn(-c2ccc(OC)cc2)nn1)NCC. The van der Waals surface area contributed by atoms with Gasteiger partial charge in [-0.15, -0.1) is 5.10 Å². The van der Waals surface area contributed by atoms with Crippen LogP contribution in [-0.4, -0.2) is 41.2 Å². The molecule has 0 aliphatic carbocycles. The second kappa shape index (κ2) is 8.02. The molecule has 0 aliphatic rings. The molecular formula is C15H22N6O. The number of nitrogens with zero attached hydrogens (tertiary/aromatic N) is 4. The highest BCUT2D eigenvalue weighted by molar-refractivity contribution is 5.79. The lowest BCUT2D eigenvalue weighted by Crippen LogP contribution is -2.36. The van der Waals surface area contributed by atoms with Gasteiger partial charge in [0.1, 0.15) is 11.4 Å². The maximum absolute atomic E-state index is 5.14. The quantitative estimate of drug-likeness (QED) is 0.622. The number of aliphatic imine (C=N–C) groups is 1. The van der Waals surface area contributed by atoms with Crippen LogP contribution < -0.4 is 15.4 Å². The van der Waals surface area contributed by atoms with Crippen molar-refractivity contribution in [3.8, 4) is 11.4 Å². The molecule has 0 spiro atoms. The Hall–Kier alpha value is -2.57. The number of aromatic nitrogens is 3. The molecule has 0 aliphatic heterocycles. The minimum Gasteiger partial charge on any atom is -0.497 e. The second-order valence-electron chi connectivity index (χ2n) is 4.58. The Morgan fingerprint density at radius 3 is 2.45 bits per heavy atom. The highest BCUT2D eigenvalue weighted by Gasteiger charge is 2.03. The van der Waals surface area contributed by atoms with Gasteiger partial charge in [0.25, 0.3) is 0 Å². The summed E-state index contributed by atoms with van der Waals surface area (Å²) in [4.78, 5) is 4.47. The molecule has 7 heteroatoms. The maximum atomic E-state index is 5.14. The van der Waals surface area contributed by atoms with E-state index in [9.17, 15) is 0 Å². The first-order valence-electron chi connectivity index (χ1n) is 7.34. The average molecular weight is 302 g/mol. The number of nitrogens with one attached hydrogen (secondary N) is 2. The number of methoxy groups -OCH3 is 1. The summed E-state index contributed by atoms with van der Waals surface area (Å²) in [5.41, 5.74) is 1.74. The third-order valence-corrected chi connectivity index (χ3v) is 2.97. The largest absolute Gasteiger partial charge is 0.497 e. The zero-order chi connectivity index (χ0) is 15.8. The Balaban J connectivity index is 2.05. The normalized spacial score (nSPS) is 10.1. The van der Waals surface area contributed by atoms with Gasteiger partial charge in [-0.3, -0.25) is 0 Å². The van der Waals surface area contributed by atoms with Crippen molar-refractivity contribution in [2.24, 2.45) is 4.99 Å². The highest BCUT2D eigenvalue weighted by Crippen LogP contribution is 2.14. The van der Waals surface area contributed by atoms with Gasteiger partial charge in [0, 0.05) is 13.1 Å². The highest BCUT2D eigenvalue weighted by atomic mass is 16.5. The number of rotatable bonds is 6. The monoisotopic (exact) mass is 302 g/mol. The molecule has 0 atom stereocenters. The van der Waals surface area contributed by atoms with Crippen molar-refractivity contribution < 1.29 is 4.74 Å². The number of hydrogen-bond donors (Lipinski definition) is 2. The summed E-state index contributed by atoms with van der Waals surface area (Å²) in [5, 5.41) is 14.6. The first-order chi connectivity index (χ1) is 10.8. The number of hydrogen-bond acceptors (Lipinski definition) is 4. The summed E-state index contributed by atoms with van der Waals surface area (Å²) in [6.07, 6.45) is 1.88. The molecule has 0 radical (unpaired) electrons. The van der Waals surface area contributed by atoms with E-state index in [-0.39, 0.29) is 0 Å². The van der Waals surface area contributed by atoms with Crippen molar-refractivity contribution in [1.82, 2.24) is 25.6 Å². The molecule has 0 fully saturated rings. The molecule has 0 saturated carbocycles. The summed E-state index contributed by atoms with van der Waals surface area (Å²) >= 11 is 0. The van der Waals surface area contributed by atoms with Crippen LogP contribution in [0.4, 0.5) is 0 Å². The Bertz CT molecular complexity index is 597. The molecule has 118 valence electrons. The second-order valence-corrected chi connectivity index (χ2v) is 4.58. The van der Waals surface area contributed by atoms with Gasteiger partial charge >= 0.3 is 0 Å². The van der Waals surface area contributed by atoms with Crippen LogP contribution in [0.15, 0.2) is 35.5 Å². The maximum Gasteiger partial charge on any atom is 0.191 e. The minimum atomic E-state index is 0.478. The number of ether oxygens (including phenoxy) is 1. The molecule has 22 heavy (non-hydrogen) atoms. The van der Waals surface area contributed by atoms with Gasteiger partial charge in [0.15, 0.2) is 5.96 Å². The van der Waals surface area contributed by atoms with Crippen LogP contribution in [0.3, 0.4) is 0 Å². The fourth-order valence-electron chi connectivity index (χ4n) is 1.90. The van der Waals surface area contributed by atoms with Crippen LogP contribution in [-0.2, 0) is 6.54 Å². The Kier molecular flexibility index (Phi) is 5.76. The summed E-state index contributed by atoms with van der Waals surface area (Å²) in [7, 11) is 1.65. The topological polar surface area (TPSA) is 76.4 Å². The summed E-state index contributed by atoms with van der Waals surface area (Å²) < 4.78 is 6.87. The molecule has 1 aromatic heterocycles. The third-order valence-electron chi connectivity index (χ3n) is 2.97. The lowest BCUT2D eigenvalue weighted by Gasteiger charge is -2.08. The Morgan fingerprint density at radius 1 is 1.18 bits per heavy atom. The zero-order valence-electron chi connectivity index (χ0n) is 13.2. The Labute approximate surface area is 130 Å². The zero-order valence-corrected chi connectivity index (χ0v) is 13.2. The van der Waals surface area contributed by atoms with Gasteiger partial charge in [0.2, 0.25) is 0 Å². The van der Waals surface area contributed by atoms with Crippen LogP contribution in [0.5, 0.6) is 5.75 Å². The summed E-state index contributed by atoms with van der Waals surface area (Å²) in [6, 6.07) is 7.65. The molecule has 2 aromatic rings. The van der Waals surface area contributed by atoms with E-state index in [1.807, 2.05) is 44.3 Å². The van der Waals surface area contributed by atoms with Crippen LogP contribution in [0.25, 0.3) is 5.69 Å².